The van der Waals surface area contributed by atoms with Crippen LogP contribution in [0, 0.1) is 6.20 Å². The van der Waals surface area contributed by atoms with Crippen molar-refractivity contribution in [2.75, 3.05) is 7.11 Å². The summed E-state index contributed by atoms with van der Waals surface area (Å²) in [5.41, 5.74) is 1.56. The monoisotopic (exact) mass is 332 g/mol. The van der Waals surface area contributed by atoms with Crippen molar-refractivity contribution in [2.24, 2.45) is 0 Å². The van der Waals surface area contributed by atoms with Crippen molar-refractivity contribution in [3.8, 4) is 22.9 Å². The zero-order chi connectivity index (χ0) is 16.9. The molecule has 2 heterocycles. The van der Waals surface area contributed by atoms with Crippen LogP contribution in [0.2, 0.25) is 0 Å². The van der Waals surface area contributed by atoms with Crippen molar-refractivity contribution in [3.05, 3.63) is 48.5 Å². The van der Waals surface area contributed by atoms with Crippen molar-refractivity contribution in [3.63, 3.8) is 0 Å². The van der Waals surface area contributed by atoms with Crippen molar-refractivity contribution < 1.29 is 18.3 Å². The number of methoxy groups -OCH3 is 1. The van der Waals surface area contributed by atoms with Crippen LogP contribution in [0.15, 0.2) is 36.7 Å². The molecule has 7 nitrogen and oxygen atoms in total. The van der Waals surface area contributed by atoms with Gasteiger partial charge in [0.05, 0.1) is 31.7 Å². The first-order chi connectivity index (χ1) is 11.7. The largest absolute Gasteiger partial charge is 0.479 e. The van der Waals surface area contributed by atoms with Gasteiger partial charge in [0.2, 0.25) is 5.88 Å². The Morgan fingerprint density at radius 3 is 2.92 bits per heavy atom. The third kappa shape index (κ3) is 3.62. The lowest BCUT2D eigenvalue weighted by atomic mass is 10.1. The zero-order valence-electron chi connectivity index (χ0n) is 12.6. The molecule has 2 aromatic heterocycles. The van der Waals surface area contributed by atoms with Crippen molar-refractivity contribution in [1.82, 2.24) is 25.0 Å². The minimum Gasteiger partial charge on any atom is -0.479 e. The Labute approximate surface area is 135 Å². The van der Waals surface area contributed by atoms with Gasteiger partial charge in [-0.1, -0.05) is 17.3 Å². The van der Waals surface area contributed by atoms with Gasteiger partial charge in [-0.2, -0.15) is 8.78 Å². The summed E-state index contributed by atoms with van der Waals surface area (Å²) in [6.45, 7) is -2.56. The second-order valence-corrected chi connectivity index (χ2v) is 4.67. The standard InChI is InChI=1S/C15H12F2N5O2/c1-23-14-13(10-3-2-4-12(7-10)24-15(16)17)20-11(8-18-14)9-22-6-5-19-21-22/h2-4,6-8,15H,9H2,1H3. The molecule has 0 atom stereocenters. The lowest BCUT2D eigenvalue weighted by Crippen LogP contribution is -2.06. The summed E-state index contributed by atoms with van der Waals surface area (Å²) in [5, 5.41) is 7.41. The second kappa shape index (κ2) is 6.99. The Balaban J connectivity index is 1.96. The highest BCUT2D eigenvalue weighted by molar-refractivity contribution is 5.66. The molecule has 0 unspecified atom stereocenters. The predicted octanol–water partition coefficient (Wildman–Crippen LogP) is 2.19. The summed E-state index contributed by atoms with van der Waals surface area (Å²) >= 11 is 0. The fourth-order valence-electron chi connectivity index (χ4n) is 2.09. The molecule has 0 fully saturated rings. The van der Waals surface area contributed by atoms with E-state index in [1.54, 1.807) is 24.5 Å². The van der Waals surface area contributed by atoms with E-state index < -0.39 is 6.61 Å². The van der Waals surface area contributed by atoms with E-state index in [1.165, 1.54) is 23.9 Å². The molecule has 24 heavy (non-hydrogen) atoms. The summed E-state index contributed by atoms with van der Waals surface area (Å²) < 4.78 is 35.9. The molecule has 0 aliphatic rings. The van der Waals surface area contributed by atoms with E-state index in [0.29, 0.717) is 23.5 Å². The SMILES string of the molecule is COc1ncc(Cn2c[c]nn2)nc1-c1cccc(OC(F)F)c1. The first kappa shape index (κ1) is 15.8. The van der Waals surface area contributed by atoms with Gasteiger partial charge >= 0.3 is 6.61 Å². The van der Waals surface area contributed by atoms with E-state index in [2.05, 4.69) is 31.2 Å². The first-order valence-electron chi connectivity index (χ1n) is 6.87. The molecule has 9 heteroatoms. The molecule has 0 spiro atoms. The number of hydrogen-bond donors (Lipinski definition) is 0. The molecule has 0 N–H and O–H groups in total. The number of aromatic nitrogens is 5. The van der Waals surface area contributed by atoms with E-state index in [0.717, 1.165) is 0 Å². The summed E-state index contributed by atoms with van der Waals surface area (Å²) in [5.74, 6) is 0.306. The molecule has 0 aliphatic heterocycles. The van der Waals surface area contributed by atoms with Crippen molar-refractivity contribution >= 4 is 0 Å². The highest BCUT2D eigenvalue weighted by Gasteiger charge is 2.13. The average molecular weight is 332 g/mol. The average Bonchev–Trinajstić information content (AvgIpc) is 3.07. The smallest absolute Gasteiger partial charge is 0.387 e. The Morgan fingerprint density at radius 1 is 1.33 bits per heavy atom. The zero-order valence-corrected chi connectivity index (χ0v) is 12.6. The highest BCUT2D eigenvalue weighted by atomic mass is 19.3. The van der Waals surface area contributed by atoms with Gasteiger partial charge in [0, 0.05) is 5.56 Å². The van der Waals surface area contributed by atoms with Gasteiger partial charge < -0.3 is 9.47 Å². The Hall–Kier alpha value is -3.10. The molecule has 3 rings (SSSR count). The minimum absolute atomic E-state index is 0.0302. The number of ether oxygens (including phenoxy) is 2. The van der Waals surface area contributed by atoms with Crippen LogP contribution in [0.4, 0.5) is 8.78 Å². The van der Waals surface area contributed by atoms with Crippen LogP contribution < -0.4 is 9.47 Å². The van der Waals surface area contributed by atoms with Gasteiger partial charge in [0.25, 0.3) is 0 Å². The van der Waals surface area contributed by atoms with E-state index >= 15 is 0 Å². The normalized spacial score (nSPS) is 10.8. The number of rotatable bonds is 6. The first-order valence-corrected chi connectivity index (χ1v) is 6.87. The van der Waals surface area contributed by atoms with Gasteiger partial charge in [-0.25, -0.2) is 14.6 Å². The maximum atomic E-state index is 12.4. The van der Waals surface area contributed by atoms with E-state index in [9.17, 15) is 8.78 Å². The van der Waals surface area contributed by atoms with Crippen LogP contribution >= 0.6 is 0 Å². The van der Waals surface area contributed by atoms with Crippen LogP contribution in [0.25, 0.3) is 11.3 Å². The molecule has 1 aromatic carbocycles. The summed E-state index contributed by atoms with van der Waals surface area (Å²) in [7, 11) is 1.46. The molecule has 0 saturated heterocycles. The quantitative estimate of drug-likeness (QED) is 0.689. The fourth-order valence-corrected chi connectivity index (χ4v) is 2.09. The topological polar surface area (TPSA) is 75.0 Å². The number of halogens is 2. The van der Waals surface area contributed by atoms with Gasteiger partial charge in [-0.05, 0) is 12.1 Å². The summed E-state index contributed by atoms with van der Waals surface area (Å²) in [6, 6.07) is 6.18. The minimum atomic E-state index is -2.90. The van der Waals surface area contributed by atoms with Crippen LogP contribution in [0.5, 0.6) is 11.6 Å². The molecule has 0 amide bonds. The van der Waals surface area contributed by atoms with Gasteiger partial charge in [-0.15, -0.1) is 5.10 Å². The molecule has 1 radical (unpaired) electrons. The second-order valence-electron chi connectivity index (χ2n) is 4.67. The Bertz CT molecular complexity index is 811. The molecule has 0 bridgehead atoms. The van der Waals surface area contributed by atoms with Crippen LogP contribution in [-0.4, -0.2) is 38.7 Å². The van der Waals surface area contributed by atoms with Crippen LogP contribution in [0.3, 0.4) is 0 Å². The third-order valence-electron chi connectivity index (χ3n) is 3.06. The molecule has 0 saturated carbocycles. The van der Waals surface area contributed by atoms with Crippen molar-refractivity contribution in [2.45, 2.75) is 13.2 Å². The van der Waals surface area contributed by atoms with E-state index in [1.807, 2.05) is 0 Å². The number of hydrogen-bond acceptors (Lipinski definition) is 6. The fraction of sp³-hybridized carbons (Fsp3) is 0.200. The molecule has 123 valence electrons. The molecule has 3 aromatic rings. The predicted molar refractivity (Wildman–Crippen MR) is 78.6 cm³/mol. The van der Waals surface area contributed by atoms with Crippen molar-refractivity contribution in [1.29, 1.82) is 0 Å². The molecule has 0 aliphatic carbocycles. The Morgan fingerprint density at radius 2 is 2.21 bits per heavy atom. The highest BCUT2D eigenvalue weighted by Crippen LogP contribution is 2.29. The van der Waals surface area contributed by atoms with Gasteiger partial charge in [-0.3, -0.25) is 0 Å². The lowest BCUT2D eigenvalue weighted by Gasteiger charge is -2.10. The van der Waals surface area contributed by atoms with E-state index in [-0.39, 0.29) is 11.6 Å². The molecular formula is C15H12F2N5O2. The van der Waals surface area contributed by atoms with Gasteiger partial charge in [0.15, 0.2) is 0 Å². The number of nitrogens with zero attached hydrogens (tertiary/aromatic N) is 5. The lowest BCUT2D eigenvalue weighted by molar-refractivity contribution is -0.0498. The number of benzene rings is 1. The maximum Gasteiger partial charge on any atom is 0.387 e. The van der Waals surface area contributed by atoms with Crippen LogP contribution in [-0.2, 0) is 6.54 Å². The summed E-state index contributed by atoms with van der Waals surface area (Å²) in [6.07, 6.45) is 5.70. The summed E-state index contributed by atoms with van der Waals surface area (Å²) in [4.78, 5) is 8.68. The van der Waals surface area contributed by atoms with Crippen LogP contribution in [0.1, 0.15) is 5.69 Å². The van der Waals surface area contributed by atoms with Gasteiger partial charge in [0.1, 0.15) is 17.6 Å². The Kier molecular flexibility index (Phi) is 4.59. The molecular weight excluding hydrogens is 320 g/mol. The van der Waals surface area contributed by atoms with E-state index in [4.69, 9.17) is 4.74 Å². The maximum absolute atomic E-state index is 12.4. The number of alkyl halides is 2. The third-order valence-corrected chi connectivity index (χ3v) is 3.06.